The first-order valence-electron chi connectivity index (χ1n) is 12.2. The number of nitrogens with two attached hydrogens (primary N) is 1. The summed E-state index contributed by atoms with van der Waals surface area (Å²) in [5, 5.41) is 16.4. The second-order valence-electron chi connectivity index (χ2n) is 9.09. The van der Waals surface area contributed by atoms with Gasteiger partial charge in [-0.05, 0) is 35.6 Å². The molecule has 3 rings (SSSR count). The second kappa shape index (κ2) is 13.1. The predicted octanol–water partition coefficient (Wildman–Crippen LogP) is 3.86. The lowest BCUT2D eigenvalue weighted by Crippen LogP contribution is -2.51. The third-order valence-electron chi connectivity index (χ3n) is 6.03. The zero-order valence-corrected chi connectivity index (χ0v) is 20.8. The van der Waals surface area contributed by atoms with Crippen molar-refractivity contribution in [1.29, 1.82) is 5.41 Å². The molecule has 7 heteroatoms. The van der Waals surface area contributed by atoms with Crippen LogP contribution in [0.4, 0.5) is 5.69 Å². The minimum Gasteiger partial charge on any atom is -0.384 e. The third-order valence-corrected chi connectivity index (χ3v) is 6.03. The maximum atomic E-state index is 13.0. The van der Waals surface area contributed by atoms with Crippen molar-refractivity contribution < 1.29 is 9.59 Å². The van der Waals surface area contributed by atoms with E-state index in [-0.39, 0.29) is 36.0 Å². The molecule has 1 unspecified atom stereocenters. The molecule has 0 spiro atoms. The molecule has 0 radical (unpaired) electrons. The van der Waals surface area contributed by atoms with E-state index in [4.69, 9.17) is 11.1 Å². The molecule has 3 aromatic rings. The number of hydrogen-bond acceptors (Lipinski definition) is 4. The number of nitrogens with one attached hydrogen (secondary N) is 4. The summed E-state index contributed by atoms with van der Waals surface area (Å²) in [4.78, 5) is 25.6. The van der Waals surface area contributed by atoms with Gasteiger partial charge < -0.3 is 21.7 Å². The Morgan fingerprint density at radius 1 is 0.889 bits per heavy atom. The van der Waals surface area contributed by atoms with Crippen molar-refractivity contribution in [2.45, 2.75) is 32.2 Å². The van der Waals surface area contributed by atoms with Gasteiger partial charge in [-0.15, -0.1) is 0 Å². The van der Waals surface area contributed by atoms with Crippen LogP contribution in [0.3, 0.4) is 0 Å². The first-order chi connectivity index (χ1) is 17.3. The van der Waals surface area contributed by atoms with Crippen molar-refractivity contribution in [2.75, 3.05) is 18.4 Å². The Bertz CT molecular complexity index is 1110. The van der Waals surface area contributed by atoms with E-state index in [0.29, 0.717) is 17.8 Å². The standard InChI is InChI=1S/C29H35N5O2/c1-20(2)27(34-26(35)19-33-24-15-9-14-23(18-24)28(30)31)29(36)32-17-16-25(21-10-5-3-6-11-21)22-12-7-4-8-13-22/h3-15,18,20,25,27,33H,16-17,19H2,1-2H3,(H3,30,31)(H,32,36)(H,34,35). The number of hydrogen-bond donors (Lipinski definition) is 5. The van der Waals surface area contributed by atoms with Crippen LogP contribution in [0.2, 0.25) is 0 Å². The molecule has 36 heavy (non-hydrogen) atoms. The van der Waals surface area contributed by atoms with Gasteiger partial charge in [-0.2, -0.15) is 0 Å². The van der Waals surface area contributed by atoms with Crippen LogP contribution in [0, 0.1) is 11.3 Å². The Morgan fingerprint density at radius 3 is 2.06 bits per heavy atom. The fourth-order valence-electron chi connectivity index (χ4n) is 4.08. The fraction of sp³-hybridized carbons (Fsp3) is 0.276. The van der Waals surface area contributed by atoms with Gasteiger partial charge in [0, 0.05) is 23.7 Å². The molecule has 2 amide bonds. The van der Waals surface area contributed by atoms with Crippen LogP contribution in [0.15, 0.2) is 84.9 Å². The number of nitrogen functional groups attached to an aromatic ring is 1. The average molecular weight is 486 g/mol. The Balaban J connectivity index is 1.55. The molecule has 0 bridgehead atoms. The van der Waals surface area contributed by atoms with E-state index in [9.17, 15) is 9.59 Å². The molecule has 0 fully saturated rings. The Morgan fingerprint density at radius 2 is 1.50 bits per heavy atom. The van der Waals surface area contributed by atoms with Gasteiger partial charge in [-0.25, -0.2) is 0 Å². The van der Waals surface area contributed by atoms with Crippen molar-refractivity contribution in [2.24, 2.45) is 11.7 Å². The quantitative estimate of drug-likeness (QED) is 0.198. The molecule has 0 heterocycles. The van der Waals surface area contributed by atoms with E-state index in [0.717, 1.165) is 6.42 Å². The largest absolute Gasteiger partial charge is 0.384 e. The smallest absolute Gasteiger partial charge is 0.242 e. The minimum absolute atomic E-state index is 0.00193. The van der Waals surface area contributed by atoms with Gasteiger partial charge in [-0.1, -0.05) is 86.6 Å². The maximum Gasteiger partial charge on any atom is 0.242 e. The lowest BCUT2D eigenvalue weighted by molar-refractivity contribution is -0.129. The maximum absolute atomic E-state index is 13.0. The highest BCUT2D eigenvalue weighted by molar-refractivity contribution is 5.96. The average Bonchev–Trinajstić information content (AvgIpc) is 2.89. The SMILES string of the molecule is CC(C)C(NC(=O)CNc1cccc(C(=N)N)c1)C(=O)NCCC(c1ccccc1)c1ccccc1. The van der Waals surface area contributed by atoms with Gasteiger partial charge in [0.2, 0.25) is 11.8 Å². The van der Waals surface area contributed by atoms with E-state index in [1.165, 1.54) is 11.1 Å². The Hall–Kier alpha value is -4.13. The number of carbonyl (C=O) groups excluding carboxylic acids is 2. The van der Waals surface area contributed by atoms with Gasteiger partial charge in [0.05, 0.1) is 6.54 Å². The molecule has 0 aliphatic rings. The first-order valence-corrected chi connectivity index (χ1v) is 12.2. The third kappa shape index (κ3) is 7.70. The van der Waals surface area contributed by atoms with Crippen molar-refractivity contribution in [3.8, 4) is 0 Å². The van der Waals surface area contributed by atoms with Crippen molar-refractivity contribution in [3.05, 3.63) is 102 Å². The Kier molecular flexibility index (Phi) is 9.63. The summed E-state index contributed by atoms with van der Waals surface area (Å²) >= 11 is 0. The van der Waals surface area contributed by atoms with Crippen LogP contribution in [-0.2, 0) is 9.59 Å². The summed E-state index contributed by atoms with van der Waals surface area (Å²) in [6.45, 7) is 4.31. The summed E-state index contributed by atoms with van der Waals surface area (Å²) < 4.78 is 0. The van der Waals surface area contributed by atoms with E-state index in [1.54, 1.807) is 24.3 Å². The van der Waals surface area contributed by atoms with Gasteiger partial charge >= 0.3 is 0 Å². The predicted molar refractivity (Wildman–Crippen MR) is 145 cm³/mol. The highest BCUT2D eigenvalue weighted by atomic mass is 16.2. The van der Waals surface area contributed by atoms with E-state index >= 15 is 0 Å². The summed E-state index contributed by atoms with van der Waals surface area (Å²) in [6.07, 6.45) is 0.743. The van der Waals surface area contributed by atoms with Crippen LogP contribution in [-0.4, -0.2) is 36.8 Å². The van der Waals surface area contributed by atoms with Crippen LogP contribution in [0.5, 0.6) is 0 Å². The van der Waals surface area contributed by atoms with Crippen LogP contribution >= 0.6 is 0 Å². The first kappa shape index (κ1) is 26.5. The molecule has 6 N–H and O–H groups in total. The molecular weight excluding hydrogens is 450 g/mol. The Labute approximate surface area is 213 Å². The molecule has 0 aliphatic carbocycles. The summed E-state index contributed by atoms with van der Waals surface area (Å²) in [7, 11) is 0. The van der Waals surface area contributed by atoms with E-state index < -0.39 is 6.04 Å². The molecule has 0 saturated heterocycles. The highest BCUT2D eigenvalue weighted by Gasteiger charge is 2.24. The monoisotopic (exact) mass is 485 g/mol. The van der Waals surface area contributed by atoms with Gasteiger partial charge in [0.25, 0.3) is 0 Å². The van der Waals surface area contributed by atoms with Crippen molar-refractivity contribution in [3.63, 3.8) is 0 Å². The molecule has 0 aromatic heterocycles. The summed E-state index contributed by atoms with van der Waals surface area (Å²) in [5.41, 5.74) is 9.18. The molecular formula is C29H35N5O2. The number of benzene rings is 3. The zero-order valence-electron chi connectivity index (χ0n) is 20.8. The van der Waals surface area contributed by atoms with Gasteiger partial charge in [0.15, 0.2) is 0 Å². The van der Waals surface area contributed by atoms with Crippen molar-refractivity contribution >= 4 is 23.3 Å². The molecule has 0 saturated carbocycles. The normalized spacial score (nSPS) is 11.7. The number of rotatable bonds is 12. The molecule has 7 nitrogen and oxygen atoms in total. The summed E-state index contributed by atoms with van der Waals surface area (Å²) in [6, 6.07) is 26.9. The topological polar surface area (TPSA) is 120 Å². The van der Waals surface area contributed by atoms with Gasteiger partial charge in [-0.3, -0.25) is 15.0 Å². The minimum atomic E-state index is -0.644. The number of carbonyl (C=O) groups is 2. The number of amidine groups is 1. The lowest BCUT2D eigenvalue weighted by atomic mass is 9.88. The lowest BCUT2D eigenvalue weighted by Gasteiger charge is -2.23. The van der Waals surface area contributed by atoms with Crippen molar-refractivity contribution in [1.82, 2.24) is 10.6 Å². The van der Waals surface area contributed by atoms with E-state index in [1.807, 2.05) is 50.2 Å². The van der Waals surface area contributed by atoms with Crippen LogP contribution < -0.4 is 21.7 Å². The van der Waals surface area contributed by atoms with Crippen LogP contribution in [0.1, 0.15) is 42.9 Å². The van der Waals surface area contributed by atoms with Crippen LogP contribution in [0.25, 0.3) is 0 Å². The summed E-state index contributed by atoms with van der Waals surface area (Å²) in [5.74, 6) is -0.439. The molecule has 188 valence electrons. The number of amides is 2. The second-order valence-corrected chi connectivity index (χ2v) is 9.09. The number of anilines is 1. The van der Waals surface area contributed by atoms with E-state index in [2.05, 4.69) is 40.2 Å². The molecule has 3 aromatic carbocycles. The highest BCUT2D eigenvalue weighted by Crippen LogP contribution is 2.27. The van der Waals surface area contributed by atoms with Gasteiger partial charge in [0.1, 0.15) is 11.9 Å². The zero-order chi connectivity index (χ0) is 25.9. The molecule has 0 aliphatic heterocycles. The fourth-order valence-corrected chi connectivity index (χ4v) is 4.08. The molecule has 1 atom stereocenters.